The minimum absolute atomic E-state index is 0.413. The van der Waals surface area contributed by atoms with Crippen LogP contribution < -0.4 is 4.74 Å². The van der Waals surface area contributed by atoms with Gasteiger partial charge in [0, 0.05) is 47.6 Å². The number of carbonyl (C=O) groups is 2. The molecule has 208 valence electrons. The van der Waals surface area contributed by atoms with Crippen LogP contribution >= 0.6 is 11.3 Å². The van der Waals surface area contributed by atoms with Crippen LogP contribution in [0.25, 0.3) is 0 Å². The SMILES string of the molecule is Cc1ccc(CN2CCc3onc(COc4cccnc4)c3C2)s1.O=C(O)C(F)(F)F.O=C(O)C(F)(F)F. The number of carboxylic acid groups (broad SMARTS) is 2. The zero-order chi connectivity index (χ0) is 28.5. The highest BCUT2D eigenvalue weighted by molar-refractivity contribution is 7.11. The first-order valence-corrected chi connectivity index (χ1v) is 11.4. The van der Waals surface area contributed by atoms with E-state index in [1.165, 1.54) is 15.3 Å². The van der Waals surface area contributed by atoms with E-state index in [0.29, 0.717) is 6.61 Å². The topological polar surface area (TPSA) is 126 Å². The van der Waals surface area contributed by atoms with Gasteiger partial charge in [0.05, 0.1) is 6.20 Å². The van der Waals surface area contributed by atoms with Crippen LogP contribution in [0.1, 0.15) is 26.8 Å². The first-order chi connectivity index (χ1) is 17.7. The number of carboxylic acids is 2. The lowest BCUT2D eigenvalue weighted by atomic mass is 10.1. The average Bonchev–Trinajstić information content (AvgIpc) is 3.43. The Hall–Kier alpha value is -3.66. The summed E-state index contributed by atoms with van der Waals surface area (Å²) in [6.45, 7) is 5.41. The number of aliphatic carboxylic acids is 2. The highest BCUT2D eigenvalue weighted by Crippen LogP contribution is 2.26. The van der Waals surface area contributed by atoms with Crippen LogP contribution in [0, 0.1) is 6.92 Å². The molecule has 2 N–H and O–H groups in total. The summed E-state index contributed by atoms with van der Waals surface area (Å²) in [4.78, 5) is 27.1. The summed E-state index contributed by atoms with van der Waals surface area (Å²) in [5.41, 5.74) is 2.07. The van der Waals surface area contributed by atoms with Crippen LogP contribution in [0.4, 0.5) is 26.3 Å². The Kier molecular flexibility index (Phi) is 10.6. The first kappa shape index (κ1) is 30.6. The molecule has 0 spiro atoms. The van der Waals surface area contributed by atoms with Crippen LogP contribution in [0.2, 0.25) is 0 Å². The van der Waals surface area contributed by atoms with Crippen LogP contribution in [0.5, 0.6) is 5.75 Å². The summed E-state index contributed by atoms with van der Waals surface area (Å²) in [7, 11) is 0. The van der Waals surface area contributed by atoms with E-state index in [1.54, 1.807) is 12.4 Å². The number of nitrogens with zero attached hydrogens (tertiary/aromatic N) is 3. The molecule has 3 aromatic heterocycles. The number of fused-ring (bicyclic) bond motifs is 1. The van der Waals surface area contributed by atoms with Gasteiger partial charge >= 0.3 is 24.3 Å². The third-order valence-electron chi connectivity index (χ3n) is 4.66. The van der Waals surface area contributed by atoms with Crippen molar-refractivity contribution in [1.82, 2.24) is 15.0 Å². The van der Waals surface area contributed by atoms with E-state index in [9.17, 15) is 26.3 Å². The Balaban J connectivity index is 0.000000301. The molecule has 0 radical (unpaired) electrons. The molecule has 4 heterocycles. The number of ether oxygens (including phenoxy) is 1. The maximum atomic E-state index is 10.6. The van der Waals surface area contributed by atoms with Crippen molar-refractivity contribution >= 4 is 23.3 Å². The van der Waals surface area contributed by atoms with Gasteiger partial charge in [-0.15, -0.1) is 11.3 Å². The number of aromatic nitrogens is 2. The molecular weight excluding hydrogens is 548 g/mol. The molecule has 1 aliphatic heterocycles. The lowest BCUT2D eigenvalue weighted by Crippen LogP contribution is -2.29. The van der Waals surface area contributed by atoms with Crippen molar-refractivity contribution in [3.63, 3.8) is 0 Å². The maximum absolute atomic E-state index is 10.6. The van der Waals surface area contributed by atoms with Crippen molar-refractivity contribution in [2.24, 2.45) is 0 Å². The number of thiophene rings is 1. The number of rotatable bonds is 5. The second kappa shape index (κ2) is 13.2. The fraction of sp³-hybridized carbons (Fsp3) is 0.364. The molecule has 0 atom stereocenters. The predicted molar refractivity (Wildman–Crippen MR) is 119 cm³/mol. The summed E-state index contributed by atoms with van der Waals surface area (Å²) in [5.74, 6) is -3.77. The monoisotopic (exact) mass is 569 g/mol. The number of hydrogen-bond acceptors (Lipinski definition) is 8. The number of aryl methyl sites for hydroxylation is 1. The van der Waals surface area contributed by atoms with Crippen molar-refractivity contribution < 1.29 is 55.4 Å². The number of halogens is 6. The Morgan fingerprint density at radius 1 is 1.11 bits per heavy atom. The lowest BCUT2D eigenvalue weighted by Gasteiger charge is -2.25. The van der Waals surface area contributed by atoms with Crippen molar-refractivity contribution in [3.05, 3.63) is 63.4 Å². The van der Waals surface area contributed by atoms with E-state index >= 15 is 0 Å². The molecular formula is C22H21F6N3O6S. The Labute approximate surface area is 215 Å². The molecule has 0 aromatic carbocycles. The van der Waals surface area contributed by atoms with Gasteiger partial charge in [-0.05, 0) is 31.2 Å². The Morgan fingerprint density at radius 3 is 2.24 bits per heavy atom. The number of hydrogen-bond donors (Lipinski definition) is 2. The van der Waals surface area contributed by atoms with Gasteiger partial charge in [-0.25, -0.2) is 9.59 Å². The molecule has 1 aliphatic rings. The number of alkyl halides is 6. The molecule has 3 aromatic rings. The molecule has 0 amide bonds. The van der Waals surface area contributed by atoms with Crippen molar-refractivity contribution in [3.8, 4) is 5.75 Å². The zero-order valence-electron chi connectivity index (χ0n) is 19.5. The molecule has 0 unspecified atom stereocenters. The van der Waals surface area contributed by atoms with Crippen LogP contribution in [-0.4, -0.2) is 56.1 Å². The van der Waals surface area contributed by atoms with Crippen LogP contribution in [0.15, 0.2) is 41.2 Å². The molecule has 9 nitrogen and oxygen atoms in total. The largest absolute Gasteiger partial charge is 0.490 e. The summed E-state index contributed by atoms with van der Waals surface area (Å²) >= 11 is 1.86. The minimum atomic E-state index is -5.08. The van der Waals surface area contributed by atoms with E-state index in [-0.39, 0.29) is 0 Å². The van der Waals surface area contributed by atoms with Crippen LogP contribution in [0.3, 0.4) is 0 Å². The van der Waals surface area contributed by atoms with E-state index in [4.69, 9.17) is 29.1 Å². The zero-order valence-corrected chi connectivity index (χ0v) is 20.4. The third-order valence-corrected chi connectivity index (χ3v) is 5.64. The molecule has 0 saturated carbocycles. The second-order valence-electron chi connectivity index (χ2n) is 7.59. The normalized spacial score (nSPS) is 13.3. The summed E-state index contributed by atoms with van der Waals surface area (Å²) in [5, 5.41) is 18.5. The van der Waals surface area contributed by atoms with Gasteiger partial charge in [0.25, 0.3) is 0 Å². The van der Waals surface area contributed by atoms with Crippen molar-refractivity contribution in [2.45, 2.75) is 45.4 Å². The van der Waals surface area contributed by atoms with Gasteiger partial charge in [0.15, 0.2) is 0 Å². The van der Waals surface area contributed by atoms with Gasteiger partial charge in [0.1, 0.15) is 23.8 Å². The number of pyridine rings is 1. The minimum Gasteiger partial charge on any atom is -0.486 e. The molecule has 0 bridgehead atoms. The first-order valence-electron chi connectivity index (χ1n) is 10.5. The quantitative estimate of drug-likeness (QED) is 0.415. The predicted octanol–water partition coefficient (Wildman–Crippen LogP) is 4.84. The summed E-state index contributed by atoms with van der Waals surface area (Å²) < 4.78 is 74.8. The van der Waals surface area contributed by atoms with Gasteiger partial charge in [-0.1, -0.05) is 5.16 Å². The third kappa shape index (κ3) is 10.0. The van der Waals surface area contributed by atoms with E-state index in [1.807, 2.05) is 23.5 Å². The van der Waals surface area contributed by atoms with E-state index in [2.05, 4.69) is 34.1 Å². The van der Waals surface area contributed by atoms with Crippen LogP contribution in [-0.2, 0) is 35.7 Å². The highest BCUT2D eigenvalue weighted by atomic mass is 32.1. The average molecular weight is 569 g/mol. The van der Waals surface area contributed by atoms with Crippen molar-refractivity contribution in [1.29, 1.82) is 0 Å². The Morgan fingerprint density at radius 2 is 1.74 bits per heavy atom. The summed E-state index contributed by atoms with van der Waals surface area (Å²) in [6.07, 6.45) is -5.83. The second-order valence-corrected chi connectivity index (χ2v) is 8.96. The van der Waals surface area contributed by atoms with Gasteiger partial charge in [0.2, 0.25) is 0 Å². The molecule has 16 heteroatoms. The summed E-state index contributed by atoms with van der Waals surface area (Å²) in [6, 6.07) is 8.15. The fourth-order valence-corrected chi connectivity index (χ4v) is 3.88. The maximum Gasteiger partial charge on any atom is 0.490 e. The molecule has 4 rings (SSSR count). The highest BCUT2D eigenvalue weighted by Gasteiger charge is 2.38. The van der Waals surface area contributed by atoms with Gasteiger partial charge in [-0.3, -0.25) is 9.88 Å². The van der Waals surface area contributed by atoms with Crippen molar-refractivity contribution in [2.75, 3.05) is 6.54 Å². The van der Waals surface area contributed by atoms with Gasteiger partial charge < -0.3 is 19.5 Å². The van der Waals surface area contributed by atoms with E-state index in [0.717, 1.165) is 43.3 Å². The molecule has 0 saturated heterocycles. The van der Waals surface area contributed by atoms with Gasteiger partial charge in [-0.2, -0.15) is 26.3 Å². The Bertz CT molecular complexity index is 1170. The molecule has 0 aliphatic carbocycles. The fourth-order valence-electron chi connectivity index (χ4n) is 2.94. The molecule has 0 fully saturated rings. The lowest BCUT2D eigenvalue weighted by molar-refractivity contribution is -0.193. The standard InChI is InChI=1S/C18H19N3O2S.2C2HF3O2/c1-13-4-5-15(24-13)10-21-8-6-18-16(11-21)17(20-23-18)12-22-14-3-2-7-19-9-14;2*3-2(4,5)1(6)7/h2-5,7,9H,6,8,10-12H2,1H3;2*(H,6,7). The van der Waals surface area contributed by atoms with E-state index < -0.39 is 24.3 Å². The molecule has 38 heavy (non-hydrogen) atoms. The smallest absolute Gasteiger partial charge is 0.486 e.